The van der Waals surface area contributed by atoms with Crippen LogP contribution in [0.5, 0.6) is 0 Å². The van der Waals surface area contributed by atoms with Crippen LogP contribution >= 0.6 is 0 Å². The second kappa shape index (κ2) is 7.61. The van der Waals surface area contributed by atoms with E-state index in [9.17, 15) is 19.2 Å². The summed E-state index contributed by atoms with van der Waals surface area (Å²) in [4.78, 5) is 49.7. The van der Waals surface area contributed by atoms with Gasteiger partial charge in [-0.15, -0.1) is 0 Å². The maximum absolute atomic E-state index is 12.6. The van der Waals surface area contributed by atoms with E-state index >= 15 is 0 Å². The van der Waals surface area contributed by atoms with Crippen molar-refractivity contribution >= 4 is 23.6 Å². The van der Waals surface area contributed by atoms with Crippen LogP contribution in [0, 0.1) is 5.92 Å². The van der Waals surface area contributed by atoms with Gasteiger partial charge in [-0.05, 0) is 25.2 Å². The van der Waals surface area contributed by atoms with Crippen molar-refractivity contribution < 1.29 is 19.2 Å². The number of carbonyl (C=O) groups is 4. The molecule has 3 atom stereocenters. The molecule has 0 aromatic rings. The molecule has 0 aromatic carbocycles. The van der Waals surface area contributed by atoms with E-state index in [2.05, 4.69) is 10.6 Å². The summed E-state index contributed by atoms with van der Waals surface area (Å²) in [5, 5.41) is 5.31. The Morgan fingerprint density at radius 1 is 1.29 bits per heavy atom. The molecule has 2 heterocycles. The topological polar surface area (TPSA) is 134 Å². The molecule has 4 amide bonds. The van der Waals surface area contributed by atoms with Crippen molar-refractivity contribution in [2.75, 3.05) is 6.54 Å². The van der Waals surface area contributed by atoms with Gasteiger partial charge in [0, 0.05) is 13.0 Å². The van der Waals surface area contributed by atoms with Gasteiger partial charge in [-0.3, -0.25) is 24.6 Å². The predicted octanol–water partition coefficient (Wildman–Crippen LogP) is -1.61. The van der Waals surface area contributed by atoms with Gasteiger partial charge in [0.15, 0.2) is 0 Å². The smallest absolute Gasteiger partial charge is 0.256 e. The third-order valence-corrected chi connectivity index (χ3v) is 4.52. The van der Waals surface area contributed by atoms with E-state index in [4.69, 9.17) is 5.84 Å². The second-order valence-electron chi connectivity index (χ2n) is 6.59. The Hall–Kier alpha value is -2.16. The lowest BCUT2D eigenvalue weighted by molar-refractivity contribution is -0.141. The number of likely N-dealkylation sites (tertiary alicyclic amines) is 1. The minimum Gasteiger partial charge on any atom is -0.344 e. The van der Waals surface area contributed by atoms with Crippen LogP contribution < -0.4 is 21.9 Å². The fourth-order valence-corrected chi connectivity index (χ4v) is 3.18. The monoisotopic (exact) mass is 339 g/mol. The Morgan fingerprint density at radius 2 is 2.00 bits per heavy atom. The summed E-state index contributed by atoms with van der Waals surface area (Å²) >= 11 is 0. The summed E-state index contributed by atoms with van der Waals surface area (Å²) in [6, 6.07) is -1.94. The summed E-state index contributed by atoms with van der Waals surface area (Å²) in [6.45, 7) is 4.07. The van der Waals surface area contributed by atoms with Crippen LogP contribution in [0.3, 0.4) is 0 Å². The van der Waals surface area contributed by atoms with Gasteiger partial charge in [0.25, 0.3) is 5.91 Å². The summed E-state index contributed by atoms with van der Waals surface area (Å²) in [7, 11) is 0. The van der Waals surface area contributed by atoms with Gasteiger partial charge in [-0.2, -0.15) is 0 Å². The highest BCUT2D eigenvalue weighted by atomic mass is 16.2. The normalized spacial score (nSPS) is 24.7. The molecule has 9 heteroatoms. The highest BCUT2D eigenvalue weighted by Gasteiger charge is 2.40. The molecule has 2 aliphatic rings. The first-order valence-corrected chi connectivity index (χ1v) is 8.25. The number of hydrogen-bond donors (Lipinski definition) is 4. The molecule has 0 aromatic heterocycles. The predicted molar refractivity (Wildman–Crippen MR) is 85.0 cm³/mol. The second-order valence-corrected chi connectivity index (χ2v) is 6.59. The van der Waals surface area contributed by atoms with Gasteiger partial charge in [0.05, 0.1) is 0 Å². The number of nitrogens with zero attached hydrogens (tertiary/aromatic N) is 1. The number of nitrogens with one attached hydrogen (secondary N) is 3. The zero-order valence-corrected chi connectivity index (χ0v) is 14.0. The van der Waals surface area contributed by atoms with Crippen LogP contribution in [0.25, 0.3) is 0 Å². The van der Waals surface area contributed by atoms with Gasteiger partial charge in [0.1, 0.15) is 18.1 Å². The van der Waals surface area contributed by atoms with Gasteiger partial charge in [0.2, 0.25) is 17.7 Å². The number of rotatable bonds is 5. The molecular weight excluding hydrogens is 314 g/mol. The SMILES string of the molecule is CC(C)[C@H](NC(=O)[C@@H]1CCCN1C(=O)[C@@H]1CCC(=O)N1)C(=O)NN. The standard InChI is InChI=1S/C15H25N5O4/c1-8(2)12(14(23)19-16)18-13(22)10-4-3-7-20(10)15(24)9-5-6-11(21)17-9/h8-10,12H,3-7,16H2,1-2H3,(H,17,21)(H,18,22)(H,19,23)/t9-,10-,12-/m0/s1. The van der Waals surface area contributed by atoms with E-state index in [0.29, 0.717) is 32.2 Å². The fourth-order valence-electron chi connectivity index (χ4n) is 3.18. The average Bonchev–Trinajstić information content (AvgIpc) is 3.19. The van der Waals surface area contributed by atoms with Crippen molar-refractivity contribution in [1.29, 1.82) is 0 Å². The molecule has 5 N–H and O–H groups in total. The fraction of sp³-hybridized carbons (Fsp3) is 0.733. The van der Waals surface area contributed by atoms with E-state index in [1.165, 1.54) is 4.90 Å². The molecule has 2 aliphatic heterocycles. The molecule has 2 saturated heterocycles. The van der Waals surface area contributed by atoms with Crippen LogP contribution in [0.1, 0.15) is 39.5 Å². The van der Waals surface area contributed by atoms with Gasteiger partial charge in [-0.1, -0.05) is 13.8 Å². The molecule has 0 unspecified atom stereocenters. The molecule has 24 heavy (non-hydrogen) atoms. The van der Waals surface area contributed by atoms with Crippen molar-refractivity contribution in [3.8, 4) is 0 Å². The maximum atomic E-state index is 12.6. The molecule has 0 saturated carbocycles. The lowest BCUT2D eigenvalue weighted by Gasteiger charge is -2.29. The molecule has 2 fully saturated rings. The number of hydrazine groups is 1. The molecule has 2 rings (SSSR count). The van der Waals surface area contributed by atoms with Crippen LogP contribution in [0.2, 0.25) is 0 Å². The lowest BCUT2D eigenvalue weighted by atomic mass is 10.0. The quantitative estimate of drug-likeness (QED) is 0.272. The third-order valence-electron chi connectivity index (χ3n) is 4.52. The summed E-state index contributed by atoms with van der Waals surface area (Å²) in [5.41, 5.74) is 2.04. The van der Waals surface area contributed by atoms with Gasteiger partial charge in [-0.25, -0.2) is 5.84 Å². The highest BCUT2D eigenvalue weighted by molar-refractivity contribution is 5.95. The van der Waals surface area contributed by atoms with E-state index in [-0.39, 0.29) is 23.6 Å². The summed E-state index contributed by atoms with van der Waals surface area (Å²) < 4.78 is 0. The van der Waals surface area contributed by atoms with Crippen LogP contribution in [-0.2, 0) is 19.2 Å². The molecular formula is C15H25N5O4. The van der Waals surface area contributed by atoms with Crippen molar-refractivity contribution in [3.63, 3.8) is 0 Å². The molecule has 0 spiro atoms. The lowest BCUT2D eigenvalue weighted by Crippen LogP contribution is -2.57. The Labute approximate surface area is 140 Å². The third kappa shape index (κ3) is 3.84. The first kappa shape index (κ1) is 18.2. The molecule has 9 nitrogen and oxygen atoms in total. The zero-order chi connectivity index (χ0) is 17.9. The molecule has 0 aliphatic carbocycles. The maximum Gasteiger partial charge on any atom is 0.256 e. The number of nitrogens with two attached hydrogens (primary N) is 1. The van der Waals surface area contributed by atoms with Crippen LogP contribution in [-0.4, -0.2) is 53.2 Å². The van der Waals surface area contributed by atoms with Crippen LogP contribution in [0.4, 0.5) is 0 Å². The van der Waals surface area contributed by atoms with Crippen molar-refractivity contribution in [1.82, 2.24) is 21.0 Å². The van der Waals surface area contributed by atoms with Crippen LogP contribution in [0.15, 0.2) is 0 Å². The van der Waals surface area contributed by atoms with Crippen molar-refractivity contribution in [2.45, 2.75) is 57.7 Å². The van der Waals surface area contributed by atoms with Gasteiger partial charge >= 0.3 is 0 Å². The van der Waals surface area contributed by atoms with Crippen molar-refractivity contribution in [3.05, 3.63) is 0 Å². The van der Waals surface area contributed by atoms with E-state index in [1.54, 1.807) is 13.8 Å². The number of amides is 4. The van der Waals surface area contributed by atoms with E-state index < -0.39 is 24.0 Å². The minimum absolute atomic E-state index is 0.142. The van der Waals surface area contributed by atoms with Gasteiger partial charge < -0.3 is 15.5 Å². The Morgan fingerprint density at radius 3 is 2.54 bits per heavy atom. The first-order valence-electron chi connectivity index (χ1n) is 8.25. The molecule has 0 radical (unpaired) electrons. The molecule has 0 bridgehead atoms. The largest absolute Gasteiger partial charge is 0.344 e. The summed E-state index contributed by atoms with van der Waals surface area (Å²) in [5.74, 6) is 3.79. The molecule has 134 valence electrons. The average molecular weight is 339 g/mol. The summed E-state index contributed by atoms with van der Waals surface area (Å²) in [6.07, 6.45) is 2.02. The first-order chi connectivity index (χ1) is 11.3. The minimum atomic E-state index is -0.758. The number of hydrogen-bond acceptors (Lipinski definition) is 5. The Balaban J connectivity index is 2.03. The highest BCUT2D eigenvalue weighted by Crippen LogP contribution is 2.21. The van der Waals surface area contributed by atoms with E-state index in [0.717, 1.165) is 0 Å². The zero-order valence-electron chi connectivity index (χ0n) is 14.0. The van der Waals surface area contributed by atoms with E-state index in [1.807, 2.05) is 5.43 Å². The number of carbonyl (C=O) groups excluding carboxylic acids is 4. The Bertz CT molecular complexity index is 536. The van der Waals surface area contributed by atoms with Crippen molar-refractivity contribution in [2.24, 2.45) is 11.8 Å². The Kier molecular flexibility index (Phi) is 5.76.